The Hall–Kier alpha value is -0.960. The quantitative estimate of drug-likeness (QED) is 0.822. The lowest BCUT2D eigenvalue weighted by Gasteiger charge is -2.26. The van der Waals surface area contributed by atoms with Crippen LogP contribution in [0.3, 0.4) is 0 Å². The number of nitrogen functional groups attached to an aromatic ring is 1. The Balaban J connectivity index is 2.26. The number of nitrogens with zero attached hydrogens (tertiary/aromatic N) is 2. The van der Waals surface area contributed by atoms with Crippen molar-refractivity contribution in [2.24, 2.45) is 5.92 Å². The third-order valence-electron chi connectivity index (χ3n) is 2.69. The van der Waals surface area contributed by atoms with E-state index in [0.717, 1.165) is 18.1 Å². The standard InChI is InChI=1S/C12H18ClN3/c1-8(2)7-16(9-3-4-9)12-10(14)5-6-11(13)15-12/h5-6,8-9H,3-4,7,14H2,1-2H3. The van der Waals surface area contributed by atoms with Gasteiger partial charge in [-0.3, -0.25) is 0 Å². The predicted molar refractivity (Wildman–Crippen MR) is 68.9 cm³/mol. The molecule has 0 spiro atoms. The van der Waals surface area contributed by atoms with Crippen molar-refractivity contribution in [2.75, 3.05) is 17.2 Å². The van der Waals surface area contributed by atoms with Crippen molar-refractivity contribution in [1.82, 2.24) is 4.98 Å². The van der Waals surface area contributed by atoms with Crippen molar-refractivity contribution in [3.05, 3.63) is 17.3 Å². The summed E-state index contributed by atoms with van der Waals surface area (Å²) in [5.74, 6) is 1.45. The van der Waals surface area contributed by atoms with E-state index in [4.69, 9.17) is 17.3 Å². The van der Waals surface area contributed by atoms with Gasteiger partial charge in [-0.1, -0.05) is 25.4 Å². The smallest absolute Gasteiger partial charge is 0.153 e. The van der Waals surface area contributed by atoms with Gasteiger partial charge in [0.25, 0.3) is 0 Å². The molecule has 1 saturated carbocycles. The monoisotopic (exact) mass is 239 g/mol. The van der Waals surface area contributed by atoms with Gasteiger partial charge in [-0.25, -0.2) is 4.98 Å². The molecule has 0 radical (unpaired) electrons. The number of pyridine rings is 1. The van der Waals surface area contributed by atoms with Crippen molar-refractivity contribution >= 4 is 23.1 Å². The molecule has 1 heterocycles. The minimum Gasteiger partial charge on any atom is -0.396 e. The Bertz CT molecular complexity index is 375. The van der Waals surface area contributed by atoms with Crippen LogP contribution in [0.15, 0.2) is 12.1 Å². The molecule has 3 nitrogen and oxygen atoms in total. The van der Waals surface area contributed by atoms with E-state index < -0.39 is 0 Å². The highest BCUT2D eigenvalue weighted by Gasteiger charge is 2.31. The second-order valence-corrected chi connectivity index (χ2v) is 5.21. The van der Waals surface area contributed by atoms with E-state index >= 15 is 0 Å². The number of hydrogen-bond donors (Lipinski definition) is 1. The van der Waals surface area contributed by atoms with E-state index in [1.165, 1.54) is 12.8 Å². The topological polar surface area (TPSA) is 42.2 Å². The summed E-state index contributed by atoms with van der Waals surface area (Å²) < 4.78 is 0. The minimum atomic E-state index is 0.513. The summed E-state index contributed by atoms with van der Waals surface area (Å²) in [6.07, 6.45) is 2.47. The van der Waals surface area contributed by atoms with Gasteiger partial charge in [0, 0.05) is 12.6 Å². The maximum Gasteiger partial charge on any atom is 0.153 e. The van der Waals surface area contributed by atoms with Crippen LogP contribution in [-0.4, -0.2) is 17.6 Å². The number of nitrogens with two attached hydrogens (primary N) is 1. The van der Waals surface area contributed by atoms with Crippen LogP contribution in [0.4, 0.5) is 11.5 Å². The van der Waals surface area contributed by atoms with Crippen LogP contribution in [0.25, 0.3) is 0 Å². The normalized spacial score (nSPS) is 15.5. The summed E-state index contributed by atoms with van der Waals surface area (Å²) in [5, 5.41) is 0.513. The van der Waals surface area contributed by atoms with Gasteiger partial charge in [-0.15, -0.1) is 0 Å². The van der Waals surface area contributed by atoms with E-state index in [1.54, 1.807) is 6.07 Å². The lowest BCUT2D eigenvalue weighted by atomic mass is 10.2. The van der Waals surface area contributed by atoms with Crippen LogP contribution in [-0.2, 0) is 0 Å². The SMILES string of the molecule is CC(C)CN(c1nc(Cl)ccc1N)C1CC1. The zero-order valence-corrected chi connectivity index (χ0v) is 10.5. The van der Waals surface area contributed by atoms with Gasteiger partial charge in [-0.05, 0) is 30.9 Å². The number of anilines is 2. The van der Waals surface area contributed by atoms with Gasteiger partial charge >= 0.3 is 0 Å². The summed E-state index contributed by atoms with van der Waals surface area (Å²) >= 11 is 5.93. The molecule has 0 aliphatic heterocycles. The van der Waals surface area contributed by atoms with Crippen molar-refractivity contribution < 1.29 is 0 Å². The number of rotatable bonds is 4. The molecule has 0 amide bonds. The Morgan fingerprint density at radius 1 is 1.50 bits per heavy atom. The van der Waals surface area contributed by atoms with Gasteiger partial charge in [0.2, 0.25) is 0 Å². The molecule has 2 N–H and O–H groups in total. The molecule has 2 rings (SSSR count). The molecule has 0 aromatic carbocycles. The maximum absolute atomic E-state index is 5.97. The number of aromatic nitrogens is 1. The van der Waals surface area contributed by atoms with Crippen LogP contribution < -0.4 is 10.6 Å². The largest absolute Gasteiger partial charge is 0.396 e. The van der Waals surface area contributed by atoms with Gasteiger partial charge in [0.1, 0.15) is 5.15 Å². The molecule has 1 aliphatic rings. The van der Waals surface area contributed by atoms with Crippen LogP contribution in [0, 0.1) is 5.92 Å². The zero-order valence-electron chi connectivity index (χ0n) is 9.78. The number of hydrogen-bond acceptors (Lipinski definition) is 3. The van der Waals surface area contributed by atoms with E-state index in [1.807, 2.05) is 6.07 Å². The molecule has 0 bridgehead atoms. The van der Waals surface area contributed by atoms with Crippen LogP contribution in [0.2, 0.25) is 5.15 Å². The fourth-order valence-electron chi connectivity index (χ4n) is 1.85. The molecule has 1 aromatic heterocycles. The fraction of sp³-hybridized carbons (Fsp3) is 0.583. The van der Waals surface area contributed by atoms with Crippen LogP contribution >= 0.6 is 11.6 Å². The fourth-order valence-corrected chi connectivity index (χ4v) is 2.00. The molecular weight excluding hydrogens is 222 g/mol. The average Bonchev–Trinajstić information content (AvgIpc) is 3.02. The highest BCUT2D eigenvalue weighted by atomic mass is 35.5. The highest BCUT2D eigenvalue weighted by molar-refractivity contribution is 6.29. The minimum absolute atomic E-state index is 0.513. The molecule has 16 heavy (non-hydrogen) atoms. The lowest BCUT2D eigenvalue weighted by molar-refractivity contribution is 0.603. The van der Waals surface area contributed by atoms with E-state index in [9.17, 15) is 0 Å². The van der Waals surface area contributed by atoms with Crippen molar-refractivity contribution in [3.8, 4) is 0 Å². The Morgan fingerprint density at radius 2 is 2.19 bits per heavy atom. The van der Waals surface area contributed by atoms with E-state index in [2.05, 4.69) is 23.7 Å². The average molecular weight is 240 g/mol. The van der Waals surface area contributed by atoms with Gasteiger partial charge < -0.3 is 10.6 Å². The summed E-state index contributed by atoms with van der Waals surface area (Å²) in [4.78, 5) is 6.65. The zero-order chi connectivity index (χ0) is 11.7. The third-order valence-corrected chi connectivity index (χ3v) is 2.90. The van der Waals surface area contributed by atoms with Crippen molar-refractivity contribution in [1.29, 1.82) is 0 Å². The molecule has 88 valence electrons. The van der Waals surface area contributed by atoms with Gasteiger partial charge in [-0.2, -0.15) is 0 Å². The second kappa shape index (κ2) is 4.50. The first-order chi connectivity index (χ1) is 7.58. The lowest BCUT2D eigenvalue weighted by Crippen LogP contribution is -2.31. The van der Waals surface area contributed by atoms with Gasteiger partial charge in [0.05, 0.1) is 5.69 Å². The highest BCUT2D eigenvalue weighted by Crippen LogP contribution is 2.34. The Kier molecular flexibility index (Phi) is 3.24. The molecule has 0 atom stereocenters. The van der Waals surface area contributed by atoms with E-state index in [-0.39, 0.29) is 0 Å². The van der Waals surface area contributed by atoms with Crippen LogP contribution in [0.5, 0.6) is 0 Å². The molecule has 0 unspecified atom stereocenters. The Morgan fingerprint density at radius 3 is 2.75 bits per heavy atom. The first-order valence-corrected chi connectivity index (χ1v) is 6.14. The third kappa shape index (κ3) is 2.59. The van der Waals surface area contributed by atoms with Gasteiger partial charge in [0.15, 0.2) is 5.82 Å². The molecule has 4 heteroatoms. The Labute approximate surface area is 102 Å². The maximum atomic E-state index is 5.97. The summed E-state index contributed by atoms with van der Waals surface area (Å²) in [6, 6.07) is 4.18. The second-order valence-electron chi connectivity index (χ2n) is 4.82. The first kappa shape index (κ1) is 11.5. The number of halogens is 1. The molecule has 1 aromatic rings. The molecule has 0 saturated heterocycles. The molecular formula is C12H18ClN3. The summed E-state index contributed by atoms with van der Waals surface area (Å²) in [5.41, 5.74) is 6.69. The van der Waals surface area contributed by atoms with Crippen molar-refractivity contribution in [3.63, 3.8) is 0 Å². The molecule has 1 aliphatic carbocycles. The first-order valence-electron chi connectivity index (χ1n) is 5.76. The van der Waals surface area contributed by atoms with E-state index in [0.29, 0.717) is 17.1 Å². The van der Waals surface area contributed by atoms with Crippen LogP contribution in [0.1, 0.15) is 26.7 Å². The predicted octanol–water partition coefficient (Wildman–Crippen LogP) is 2.94. The summed E-state index contributed by atoms with van der Waals surface area (Å²) in [6.45, 7) is 5.40. The summed E-state index contributed by atoms with van der Waals surface area (Å²) in [7, 11) is 0. The van der Waals surface area contributed by atoms with Crippen molar-refractivity contribution in [2.45, 2.75) is 32.7 Å². The molecule has 1 fully saturated rings.